The number of carbonyl (C=O) groups excluding carboxylic acids is 2. The molecule has 5 aliphatic rings. The number of anilines is 1. The van der Waals surface area contributed by atoms with Gasteiger partial charge < -0.3 is 23.8 Å². The Bertz CT molecular complexity index is 1980. The molecule has 50 heavy (non-hydrogen) atoms. The van der Waals surface area contributed by atoms with Crippen LogP contribution in [-0.4, -0.2) is 112 Å². The van der Waals surface area contributed by atoms with E-state index in [0.29, 0.717) is 70.5 Å². The Morgan fingerprint density at radius 3 is 2.96 bits per heavy atom. The van der Waals surface area contributed by atoms with E-state index in [1.54, 1.807) is 19.2 Å². The molecule has 264 valence electrons. The minimum Gasteiger partial charge on any atom is -0.461 e. The highest BCUT2D eigenvalue weighted by molar-refractivity contribution is 6.33. The summed E-state index contributed by atoms with van der Waals surface area (Å²) in [5, 5.41) is 8.36. The van der Waals surface area contributed by atoms with Gasteiger partial charge in [-0.25, -0.2) is 13.6 Å². The number of benzene rings is 1. The van der Waals surface area contributed by atoms with Gasteiger partial charge in [0.1, 0.15) is 41.7 Å². The average Bonchev–Trinajstić information content (AvgIpc) is 3.70. The molecule has 0 saturated carbocycles. The lowest BCUT2D eigenvalue weighted by Crippen LogP contribution is -2.47. The van der Waals surface area contributed by atoms with Gasteiger partial charge in [-0.05, 0) is 44.2 Å². The number of rotatable bonds is 5. The number of H-pyrrole nitrogens is 1. The van der Waals surface area contributed by atoms with Gasteiger partial charge in [-0.15, -0.1) is 0 Å². The molecule has 0 aliphatic carbocycles. The van der Waals surface area contributed by atoms with Crippen molar-refractivity contribution in [3.63, 3.8) is 0 Å². The summed E-state index contributed by atoms with van der Waals surface area (Å²) in [7, 11) is 0. The number of pyridine rings is 1. The molecule has 1 aromatic carbocycles. The van der Waals surface area contributed by atoms with Crippen molar-refractivity contribution in [1.82, 2.24) is 30.0 Å². The zero-order valence-corrected chi connectivity index (χ0v) is 28.2. The number of nitrogens with one attached hydrogen (secondary N) is 1. The van der Waals surface area contributed by atoms with Gasteiger partial charge in [0.15, 0.2) is 5.82 Å². The standard InChI is InChI=1S/C34H36ClF2N7O6/c1-18(45)9-20-4-5-34(11-19(36)14-44(20)34)17-49-32-40-29-24-12-38-30(28(29)37)27-22(25(35)10-26-23(27)13-39-42-26)3-2-7-48-33(46)50-21-15-43(31(24)41-32)6-8-47-16-21/h10,12-13,19-21H,2-9,11,14-17H2,1H3,(H,39,42)/t19-,20+,21+,34+/m1/s1. The number of aromatic nitrogens is 5. The summed E-state index contributed by atoms with van der Waals surface area (Å²) in [6, 6.07) is 1.55. The van der Waals surface area contributed by atoms with Gasteiger partial charge in [0, 0.05) is 54.1 Å². The van der Waals surface area contributed by atoms with Gasteiger partial charge in [0.05, 0.1) is 49.0 Å². The van der Waals surface area contributed by atoms with Crippen LogP contribution in [0.15, 0.2) is 18.5 Å². The molecule has 0 amide bonds. The van der Waals surface area contributed by atoms with Crippen LogP contribution in [0, 0.1) is 5.82 Å². The Balaban J connectivity index is 1.26. The number of ketones is 1. The molecule has 8 heterocycles. The molecule has 3 aromatic heterocycles. The molecule has 3 saturated heterocycles. The minimum atomic E-state index is -1.06. The number of aromatic amines is 1. The van der Waals surface area contributed by atoms with E-state index in [1.807, 2.05) is 4.90 Å². The molecule has 0 unspecified atom stereocenters. The van der Waals surface area contributed by atoms with Crippen LogP contribution in [0.2, 0.25) is 5.02 Å². The molecule has 9 rings (SSSR count). The Labute approximate surface area is 290 Å². The van der Waals surface area contributed by atoms with E-state index < -0.39 is 29.8 Å². The smallest absolute Gasteiger partial charge is 0.461 e. The van der Waals surface area contributed by atoms with Gasteiger partial charge >= 0.3 is 12.2 Å². The fourth-order valence-corrected chi connectivity index (χ4v) is 8.36. The zero-order valence-electron chi connectivity index (χ0n) is 27.4. The van der Waals surface area contributed by atoms with E-state index in [4.69, 9.17) is 35.5 Å². The maximum Gasteiger partial charge on any atom is 0.508 e. The minimum absolute atomic E-state index is 0.0187. The Kier molecular flexibility index (Phi) is 8.68. The van der Waals surface area contributed by atoms with Gasteiger partial charge in [-0.1, -0.05) is 11.6 Å². The third-order valence-corrected chi connectivity index (χ3v) is 10.6. The summed E-state index contributed by atoms with van der Waals surface area (Å²) in [6.07, 6.45) is 3.21. The Morgan fingerprint density at radius 1 is 1.22 bits per heavy atom. The number of hydrogen-bond acceptors (Lipinski definition) is 12. The molecule has 13 nitrogen and oxygen atoms in total. The van der Waals surface area contributed by atoms with Crippen molar-refractivity contribution >= 4 is 51.2 Å². The second-order valence-electron chi connectivity index (χ2n) is 13.6. The first-order valence-corrected chi connectivity index (χ1v) is 17.3. The number of hydrogen-bond donors (Lipinski definition) is 1. The summed E-state index contributed by atoms with van der Waals surface area (Å²) < 4.78 is 55.1. The summed E-state index contributed by atoms with van der Waals surface area (Å²) in [5.74, 6) is -0.339. The van der Waals surface area contributed by atoms with Gasteiger partial charge in [-0.2, -0.15) is 15.1 Å². The zero-order chi connectivity index (χ0) is 34.6. The van der Waals surface area contributed by atoms with E-state index in [0.717, 1.165) is 6.42 Å². The first-order valence-electron chi connectivity index (χ1n) is 16.9. The monoisotopic (exact) mass is 711 g/mol. The summed E-state index contributed by atoms with van der Waals surface area (Å²) in [4.78, 5) is 42.6. The average molecular weight is 712 g/mol. The van der Waals surface area contributed by atoms with E-state index >= 15 is 4.39 Å². The van der Waals surface area contributed by atoms with Crippen molar-refractivity contribution in [1.29, 1.82) is 0 Å². The van der Waals surface area contributed by atoms with Crippen molar-refractivity contribution in [3.8, 4) is 17.3 Å². The second kappa shape index (κ2) is 13.2. The Morgan fingerprint density at radius 2 is 2.10 bits per heavy atom. The fourth-order valence-electron chi connectivity index (χ4n) is 8.07. The summed E-state index contributed by atoms with van der Waals surface area (Å²) in [5.41, 5.74) is 0.986. The number of fused-ring (bicyclic) bond motifs is 8. The lowest BCUT2D eigenvalue weighted by atomic mass is 9.94. The third kappa shape index (κ3) is 5.98. The van der Waals surface area contributed by atoms with Gasteiger partial charge in [-0.3, -0.25) is 19.8 Å². The second-order valence-corrected chi connectivity index (χ2v) is 14.0. The normalized spacial score (nSPS) is 25.8. The van der Waals surface area contributed by atoms with Crippen molar-refractivity contribution in [2.24, 2.45) is 0 Å². The number of ether oxygens (including phenoxy) is 4. The molecular formula is C34H36ClF2N7O6. The van der Waals surface area contributed by atoms with Crippen molar-refractivity contribution < 1.29 is 37.3 Å². The van der Waals surface area contributed by atoms with E-state index in [1.165, 1.54) is 6.20 Å². The SMILES string of the molecule is CC(=O)C[C@@H]1CC[C@@]2(COc3nc4c5cnc(c(F)c5n3)-c3c(c(Cl)cc5[nH]ncc35)CCCOC(=O)O[C@@H]3COCCN4C3)C[C@@H](F)CN12. The number of nitrogens with zero attached hydrogens (tertiary/aromatic N) is 6. The molecule has 16 heteroatoms. The van der Waals surface area contributed by atoms with Gasteiger partial charge in [0.2, 0.25) is 0 Å². The largest absolute Gasteiger partial charge is 0.508 e. The first kappa shape index (κ1) is 33.0. The number of Topliss-reactive ketones (excluding diaryl/α,β-unsaturated/α-hetero) is 1. The fraction of sp³-hybridized carbons (Fsp3) is 0.529. The number of alkyl halides is 1. The van der Waals surface area contributed by atoms with Crippen molar-refractivity contribution in [2.45, 2.75) is 69.3 Å². The van der Waals surface area contributed by atoms with E-state index in [9.17, 15) is 14.0 Å². The van der Waals surface area contributed by atoms with Crippen LogP contribution in [0.25, 0.3) is 33.1 Å². The predicted molar refractivity (Wildman–Crippen MR) is 178 cm³/mol. The predicted octanol–water partition coefficient (Wildman–Crippen LogP) is 4.97. The maximum absolute atomic E-state index is 17.1. The van der Waals surface area contributed by atoms with Crippen LogP contribution in [0.3, 0.4) is 0 Å². The van der Waals surface area contributed by atoms with Crippen LogP contribution in [0.4, 0.5) is 19.4 Å². The highest BCUT2D eigenvalue weighted by Gasteiger charge is 2.53. The van der Waals surface area contributed by atoms with Crippen LogP contribution < -0.4 is 9.64 Å². The lowest BCUT2D eigenvalue weighted by Gasteiger charge is -2.34. The number of halogens is 3. The van der Waals surface area contributed by atoms with Crippen LogP contribution in [0.5, 0.6) is 6.01 Å². The van der Waals surface area contributed by atoms with E-state index in [-0.39, 0.29) is 75.0 Å². The molecular weight excluding hydrogens is 676 g/mol. The van der Waals surface area contributed by atoms with Crippen LogP contribution in [0.1, 0.15) is 44.6 Å². The van der Waals surface area contributed by atoms with Crippen molar-refractivity contribution in [2.75, 3.05) is 51.0 Å². The molecule has 1 N–H and O–H groups in total. The van der Waals surface area contributed by atoms with Gasteiger partial charge in [0.25, 0.3) is 0 Å². The highest BCUT2D eigenvalue weighted by atomic mass is 35.5. The van der Waals surface area contributed by atoms with E-state index in [2.05, 4.69) is 25.1 Å². The lowest BCUT2D eigenvalue weighted by molar-refractivity contribution is -0.118. The number of carbonyl (C=O) groups is 2. The molecule has 3 fully saturated rings. The molecule has 4 atom stereocenters. The molecule has 4 aromatic rings. The molecule has 5 aliphatic heterocycles. The van der Waals surface area contributed by atoms with Crippen LogP contribution in [-0.2, 0) is 25.4 Å². The summed E-state index contributed by atoms with van der Waals surface area (Å²) >= 11 is 6.77. The highest BCUT2D eigenvalue weighted by Crippen LogP contribution is 2.45. The Hall–Kier alpha value is -4.21. The molecule has 6 bridgehead atoms. The third-order valence-electron chi connectivity index (χ3n) is 10.2. The molecule has 0 radical (unpaired) electrons. The topological polar surface area (TPSA) is 145 Å². The first-order chi connectivity index (χ1) is 24.2. The van der Waals surface area contributed by atoms with Crippen LogP contribution >= 0.6 is 11.6 Å². The van der Waals surface area contributed by atoms with Crippen molar-refractivity contribution in [3.05, 3.63) is 34.9 Å². The summed E-state index contributed by atoms with van der Waals surface area (Å²) in [6.45, 7) is 2.79. The molecule has 0 spiro atoms. The maximum atomic E-state index is 17.1. The quantitative estimate of drug-likeness (QED) is 0.279.